The first kappa shape index (κ1) is 22.5. The van der Waals surface area contributed by atoms with Crippen LogP contribution in [0, 0.1) is 13.8 Å². The van der Waals surface area contributed by atoms with E-state index in [1.807, 2.05) is 0 Å². The zero-order valence-electron chi connectivity index (χ0n) is 19.0. The number of fused-ring (bicyclic) bond motifs is 1. The van der Waals surface area contributed by atoms with Gasteiger partial charge in [0.2, 0.25) is 0 Å². The zero-order valence-corrected chi connectivity index (χ0v) is 19.8. The van der Waals surface area contributed by atoms with Crippen molar-refractivity contribution in [2.75, 3.05) is 58.5 Å². The number of para-hydroxylation sites is 1. The van der Waals surface area contributed by atoms with Gasteiger partial charge in [0, 0.05) is 26.2 Å². The van der Waals surface area contributed by atoms with Crippen LogP contribution in [0.4, 0.5) is 5.13 Å². The lowest BCUT2D eigenvalue weighted by Gasteiger charge is -2.29. The molecule has 1 saturated heterocycles. The van der Waals surface area contributed by atoms with E-state index in [0.29, 0.717) is 28.7 Å². The van der Waals surface area contributed by atoms with E-state index in [0.717, 1.165) is 48.6 Å². The van der Waals surface area contributed by atoms with Gasteiger partial charge in [0.15, 0.2) is 16.6 Å². The summed E-state index contributed by atoms with van der Waals surface area (Å²) in [6.45, 7) is 8.57. The van der Waals surface area contributed by atoms with Gasteiger partial charge < -0.3 is 14.2 Å². The summed E-state index contributed by atoms with van der Waals surface area (Å²) < 4.78 is 17.5. The van der Waals surface area contributed by atoms with E-state index in [1.54, 1.807) is 48.7 Å². The Balaban J connectivity index is 1.72. The minimum absolute atomic E-state index is 0.151. The van der Waals surface area contributed by atoms with Crippen molar-refractivity contribution in [3.05, 3.63) is 47.0 Å². The number of anilines is 1. The molecule has 1 fully saturated rings. The Labute approximate surface area is 192 Å². The molecular weight excluding hydrogens is 426 g/mol. The lowest BCUT2D eigenvalue weighted by Crippen LogP contribution is -2.43. The number of hydrogen-bond donors (Lipinski definition) is 0. The molecule has 0 N–H and O–H groups in total. The second-order valence-electron chi connectivity index (χ2n) is 7.88. The Morgan fingerprint density at radius 1 is 1.19 bits per heavy atom. The molecule has 4 rings (SSSR count). The summed E-state index contributed by atoms with van der Waals surface area (Å²) in [6.07, 6.45) is 0. The predicted molar refractivity (Wildman–Crippen MR) is 128 cm³/mol. The molecule has 1 aromatic heterocycles. The number of benzene rings is 2. The van der Waals surface area contributed by atoms with Crippen molar-refractivity contribution in [2.24, 2.45) is 0 Å². The van der Waals surface area contributed by atoms with E-state index in [4.69, 9.17) is 19.2 Å². The first-order valence-electron chi connectivity index (χ1n) is 10.7. The maximum Gasteiger partial charge on any atom is 0.264 e. The molecule has 8 heteroatoms. The Morgan fingerprint density at radius 2 is 1.97 bits per heavy atom. The van der Waals surface area contributed by atoms with Crippen LogP contribution in [0.25, 0.3) is 10.2 Å². The van der Waals surface area contributed by atoms with Crippen LogP contribution in [-0.4, -0.2) is 69.4 Å². The van der Waals surface area contributed by atoms with Gasteiger partial charge in [0.25, 0.3) is 5.91 Å². The zero-order chi connectivity index (χ0) is 22.7. The number of ether oxygens (including phenoxy) is 3. The molecule has 2 aromatic carbocycles. The van der Waals surface area contributed by atoms with Gasteiger partial charge in [0.05, 0.1) is 43.2 Å². The molecule has 1 aliphatic heterocycles. The molecule has 32 heavy (non-hydrogen) atoms. The molecule has 1 amide bonds. The van der Waals surface area contributed by atoms with Gasteiger partial charge in [-0.3, -0.25) is 14.6 Å². The molecule has 3 aromatic rings. The summed E-state index contributed by atoms with van der Waals surface area (Å²) >= 11 is 1.55. The van der Waals surface area contributed by atoms with Gasteiger partial charge in [-0.25, -0.2) is 4.98 Å². The first-order chi connectivity index (χ1) is 15.5. The van der Waals surface area contributed by atoms with Gasteiger partial charge in [-0.2, -0.15) is 0 Å². The van der Waals surface area contributed by atoms with Crippen LogP contribution in [0.2, 0.25) is 0 Å². The second kappa shape index (κ2) is 9.85. The monoisotopic (exact) mass is 455 g/mol. The van der Waals surface area contributed by atoms with Crippen LogP contribution >= 0.6 is 11.3 Å². The van der Waals surface area contributed by atoms with Gasteiger partial charge in [-0.15, -0.1) is 0 Å². The Bertz CT molecular complexity index is 1110. The van der Waals surface area contributed by atoms with Gasteiger partial charge in [-0.1, -0.05) is 23.5 Å². The third-order valence-corrected chi connectivity index (χ3v) is 6.70. The van der Waals surface area contributed by atoms with Gasteiger partial charge in [0.1, 0.15) is 0 Å². The van der Waals surface area contributed by atoms with Gasteiger partial charge in [-0.05, 0) is 43.2 Å². The fraction of sp³-hybridized carbons (Fsp3) is 0.417. The fourth-order valence-electron chi connectivity index (χ4n) is 4.03. The SMILES string of the molecule is COc1cccc(C(=O)N(CCN2CCOCC2)c2nc3c(C)cc(C)cc3s2)c1OC. The number of rotatable bonds is 7. The van der Waals surface area contributed by atoms with Crippen molar-refractivity contribution < 1.29 is 19.0 Å². The maximum absolute atomic E-state index is 13.8. The molecule has 0 atom stereocenters. The molecule has 7 nitrogen and oxygen atoms in total. The van der Waals surface area contributed by atoms with Crippen molar-refractivity contribution in [1.29, 1.82) is 0 Å². The molecule has 1 aliphatic rings. The van der Waals surface area contributed by atoms with Crippen LogP contribution in [0.15, 0.2) is 30.3 Å². The van der Waals surface area contributed by atoms with Crippen LogP contribution < -0.4 is 14.4 Å². The number of aromatic nitrogens is 1. The first-order valence-corrected chi connectivity index (χ1v) is 11.5. The summed E-state index contributed by atoms with van der Waals surface area (Å²) in [5.41, 5.74) is 3.70. The van der Waals surface area contributed by atoms with E-state index in [9.17, 15) is 4.79 Å². The average molecular weight is 456 g/mol. The molecular formula is C24H29N3O4S. The smallest absolute Gasteiger partial charge is 0.264 e. The summed E-state index contributed by atoms with van der Waals surface area (Å²) in [5, 5.41) is 0.692. The van der Waals surface area contributed by atoms with E-state index in [2.05, 4.69) is 30.9 Å². The van der Waals surface area contributed by atoms with Crippen LogP contribution in [0.3, 0.4) is 0 Å². The number of carbonyl (C=O) groups excluding carboxylic acids is 1. The number of morpholine rings is 1. The minimum atomic E-state index is -0.151. The molecule has 0 aliphatic carbocycles. The van der Waals surface area contributed by atoms with Gasteiger partial charge >= 0.3 is 0 Å². The lowest BCUT2D eigenvalue weighted by atomic mass is 10.1. The molecule has 0 saturated carbocycles. The highest BCUT2D eigenvalue weighted by molar-refractivity contribution is 7.22. The number of methoxy groups -OCH3 is 2. The standard InChI is InChI=1S/C24H29N3O4S/c1-16-14-17(2)21-20(15-16)32-24(25-21)27(9-8-26-10-12-31-13-11-26)23(28)18-6-5-7-19(29-3)22(18)30-4/h5-7,14-15H,8-13H2,1-4H3. The van der Waals surface area contributed by atoms with E-state index in [1.165, 1.54) is 5.56 Å². The highest BCUT2D eigenvalue weighted by atomic mass is 32.1. The fourth-order valence-corrected chi connectivity index (χ4v) is 5.19. The number of amides is 1. The highest BCUT2D eigenvalue weighted by Gasteiger charge is 2.26. The molecule has 0 unspecified atom stereocenters. The topological polar surface area (TPSA) is 64.1 Å². The van der Waals surface area contributed by atoms with Crippen molar-refractivity contribution in [3.63, 3.8) is 0 Å². The number of nitrogens with zero attached hydrogens (tertiary/aromatic N) is 3. The van der Waals surface area contributed by atoms with Crippen molar-refractivity contribution in [3.8, 4) is 11.5 Å². The number of carbonyl (C=O) groups is 1. The molecule has 0 radical (unpaired) electrons. The summed E-state index contributed by atoms with van der Waals surface area (Å²) in [6, 6.07) is 9.61. The minimum Gasteiger partial charge on any atom is -0.493 e. The van der Waals surface area contributed by atoms with Crippen LogP contribution in [0.1, 0.15) is 21.5 Å². The lowest BCUT2D eigenvalue weighted by molar-refractivity contribution is 0.0391. The highest BCUT2D eigenvalue weighted by Crippen LogP contribution is 2.35. The number of hydrogen-bond acceptors (Lipinski definition) is 7. The average Bonchev–Trinajstić information content (AvgIpc) is 3.23. The predicted octanol–water partition coefficient (Wildman–Crippen LogP) is 3.91. The van der Waals surface area contributed by atoms with E-state index >= 15 is 0 Å². The third-order valence-electron chi connectivity index (χ3n) is 5.67. The van der Waals surface area contributed by atoms with Crippen molar-refractivity contribution >= 4 is 32.6 Å². The van der Waals surface area contributed by atoms with E-state index < -0.39 is 0 Å². The normalized spacial score (nSPS) is 14.5. The Hall–Kier alpha value is -2.68. The van der Waals surface area contributed by atoms with E-state index in [-0.39, 0.29) is 5.91 Å². The quantitative estimate of drug-likeness (QED) is 0.538. The summed E-state index contributed by atoms with van der Waals surface area (Å²) in [4.78, 5) is 22.8. The van der Waals surface area contributed by atoms with Crippen molar-refractivity contribution in [1.82, 2.24) is 9.88 Å². The summed E-state index contributed by atoms with van der Waals surface area (Å²) in [7, 11) is 3.12. The maximum atomic E-state index is 13.8. The van der Waals surface area contributed by atoms with Crippen LogP contribution in [-0.2, 0) is 4.74 Å². The van der Waals surface area contributed by atoms with Crippen LogP contribution in [0.5, 0.6) is 11.5 Å². The molecule has 2 heterocycles. The van der Waals surface area contributed by atoms with Crippen molar-refractivity contribution in [2.45, 2.75) is 13.8 Å². The Kier molecular flexibility index (Phi) is 6.93. The largest absolute Gasteiger partial charge is 0.493 e. The molecule has 0 spiro atoms. The number of aryl methyl sites for hydroxylation is 2. The number of thiazole rings is 1. The molecule has 0 bridgehead atoms. The summed E-state index contributed by atoms with van der Waals surface area (Å²) in [5.74, 6) is 0.814. The third kappa shape index (κ3) is 4.57. The second-order valence-corrected chi connectivity index (χ2v) is 8.89. The molecule has 170 valence electrons. The Morgan fingerprint density at radius 3 is 2.69 bits per heavy atom.